The number of allylic oxidation sites excluding steroid dienone is 3. The van der Waals surface area contributed by atoms with Crippen molar-refractivity contribution in [2.24, 2.45) is 5.92 Å². The Kier molecular flexibility index (Phi) is 10.7. The molecule has 98 valence electrons. The van der Waals surface area contributed by atoms with E-state index in [4.69, 9.17) is 5.11 Å². The summed E-state index contributed by atoms with van der Waals surface area (Å²) in [6.07, 6.45) is 11.3. The first-order valence-electron chi connectivity index (χ1n) is 6.38. The first kappa shape index (κ1) is 15.9. The fourth-order valence-corrected chi connectivity index (χ4v) is 1.23. The summed E-state index contributed by atoms with van der Waals surface area (Å²) < 4.78 is 0. The number of hydrogen-bond acceptors (Lipinski definition) is 2. The quantitative estimate of drug-likeness (QED) is 0.369. The number of carbonyl (C=O) groups is 1. The van der Waals surface area contributed by atoms with Gasteiger partial charge in [-0.25, -0.2) is 0 Å². The molecule has 0 atom stereocenters. The molecular formula is C14H25NO2. The zero-order valence-corrected chi connectivity index (χ0v) is 11.0. The van der Waals surface area contributed by atoms with E-state index in [0.29, 0.717) is 12.5 Å². The highest BCUT2D eigenvalue weighted by molar-refractivity contribution is 5.87. The summed E-state index contributed by atoms with van der Waals surface area (Å²) in [5, 5.41) is 11.4. The lowest BCUT2D eigenvalue weighted by Crippen LogP contribution is -2.25. The zero-order valence-electron chi connectivity index (χ0n) is 11.0. The van der Waals surface area contributed by atoms with Gasteiger partial charge in [-0.15, -0.1) is 0 Å². The molecule has 0 unspecified atom stereocenters. The average molecular weight is 239 g/mol. The maximum atomic E-state index is 11.3. The van der Waals surface area contributed by atoms with Gasteiger partial charge in [0.25, 0.3) is 0 Å². The van der Waals surface area contributed by atoms with Gasteiger partial charge < -0.3 is 10.4 Å². The van der Waals surface area contributed by atoms with Crippen LogP contribution >= 0.6 is 0 Å². The molecule has 2 N–H and O–H groups in total. The second kappa shape index (κ2) is 11.4. The Hall–Kier alpha value is -1.09. The summed E-state index contributed by atoms with van der Waals surface area (Å²) in [4.78, 5) is 11.3. The molecule has 0 spiro atoms. The number of hydrogen-bond donors (Lipinski definition) is 2. The molecule has 17 heavy (non-hydrogen) atoms. The maximum Gasteiger partial charge on any atom is 0.243 e. The highest BCUT2D eigenvalue weighted by Crippen LogP contribution is 1.99. The number of rotatable bonds is 9. The van der Waals surface area contributed by atoms with Gasteiger partial charge in [0.15, 0.2) is 0 Å². The van der Waals surface area contributed by atoms with Crippen LogP contribution in [0.1, 0.15) is 39.5 Å². The van der Waals surface area contributed by atoms with Crippen LogP contribution in [0, 0.1) is 5.92 Å². The van der Waals surface area contributed by atoms with Crippen molar-refractivity contribution >= 4 is 5.91 Å². The van der Waals surface area contributed by atoms with Crippen LogP contribution in [0.4, 0.5) is 0 Å². The van der Waals surface area contributed by atoms with Gasteiger partial charge in [0.2, 0.25) is 5.91 Å². The second-order valence-corrected chi connectivity index (χ2v) is 4.50. The highest BCUT2D eigenvalue weighted by Gasteiger charge is 1.95. The Morgan fingerprint density at radius 1 is 1.24 bits per heavy atom. The lowest BCUT2D eigenvalue weighted by Gasteiger charge is -2.03. The molecule has 0 aromatic heterocycles. The molecule has 0 aliphatic heterocycles. The van der Waals surface area contributed by atoms with Crippen molar-refractivity contribution < 1.29 is 9.90 Å². The van der Waals surface area contributed by atoms with Crippen LogP contribution in [0.25, 0.3) is 0 Å². The number of aliphatic hydroxyl groups is 1. The van der Waals surface area contributed by atoms with Crippen LogP contribution in [0.15, 0.2) is 24.3 Å². The van der Waals surface area contributed by atoms with E-state index < -0.39 is 0 Å². The SMILES string of the molecule is CC(C)CNC(=O)/C=C/C=C/CCCCCO. The summed E-state index contributed by atoms with van der Waals surface area (Å²) in [7, 11) is 0. The van der Waals surface area contributed by atoms with Crippen LogP contribution in [0.3, 0.4) is 0 Å². The van der Waals surface area contributed by atoms with Crippen molar-refractivity contribution in [1.29, 1.82) is 0 Å². The van der Waals surface area contributed by atoms with E-state index in [1.165, 1.54) is 0 Å². The smallest absolute Gasteiger partial charge is 0.243 e. The summed E-state index contributed by atoms with van der Waals surface area (Å²) in [5.41, 5.74) is 0. The first-order chi connectivity index (χ1) is 8.16. The zero-order chi connectivity index (χ0) is 12.9. The predicted octanol–water partition coefficient (Wildman–Crippen LogP) is 2.42. The molecule has 3 heteroatoms. The van der Waals surface area contributed by atoms with Crippen LogP contribution in [-0.4, -0.2) is 24.2 Å². The van der Waals surface area contributed by atoms with Crippen molar-refractivity contribution in [2.75, 3.05) is 13.2 Å². The van der Waals surface area contributed by atoms with Gasteiger partial charge in [0, 0.05) is 19.2 Å². The lowest BCUT2D eigenvalue weighted by atomic mass is 10.2. The summed E-state index contributed by atoms with van der Waals surface area (Å²) in [5.74, 6) is 0.443. The predicted molar refractivity (Wildman–Crippen MR) is 71.7 cm³/mol. The van der Waals surface area contributed by atoms with Crippen LogP contribution < -0.4 is 5.32 Å². The highest BCUT2D eigenvalue weighted by atomic mass is 16.2. The van der Waals surface area contributed by atoms with E-state index in [0.717, 1.165) is 25.7 Å². The molecule has 0 fully saturated rings. The van der Waals surface area contributed by atoms with Gasteiger partial charge in [-0.3, -0.25) is 4.79 Å². The Morgan fingerprint density at radius 2 is 2.00 bits per heavy atom. The van der Waals surface area contributed by atoms with Gasteiger partial charge in [-0.05, 0) is 25.2 Å². The Morgan fingerprint density at radius 3 is 2.65 bits per heavy atom. The Bertz CT molecular complexity index is 245. The van der Waals surface area contributed by atoms with Crippen LogP contribution in [0.5, 0.6) is 0 Å². The molecule has 3 nitrogen and oxygen atoms in total. The fraction of sp³-hybridized carbons (Fsp3) is 0.643. The standard InChI is InChI=1S/C14H25NO2/c1-13(2)12-15-14(17)10-8-6-4-3-5-7-9-11-16/h4,6,8,10,13,16H,3,5,7,9,11-12H2,1-2H3,(H,15,17)/b6-4+,10-8+. The van der Waals surface area contributed by atoms with E-state index >= 15 is 0 Å². The van der Waals surface area contributed by atoms with Crippen molar-refractivity contribution in [3.63, 3.8) is 0 Å². The van der Waals surface area contributed by atoms with Crippen LogP contribution in [0.2, 0.25) is 0 Å². The minimum Gasteiger partial charge on any atom is -0.396 e. The van der Waals surface area contributed by atoms with Gasteiger partial charge in [0.1, 0.15) is 0 Å². The molecule has 0 aliphatic carbocycles. The topological polar surface area (TPSA) is 49.3 Å². The minimum absolute atomic E-state index is 0.0383. The molecule has 0 saturated heterocycles. The van der Waals surface area contributed by atoms with Gasteiger partial charge >= 0.3 is 0 Å². The average Bonchev–Trinajstić information content (AvgIpc) is 2.30. The number of aliphatic hydroxyl groups excluding tert-OH is 1. The van der Waals surface area contributed by atoms with E-state index in [9.17, 15) is 4.79 Å². The Balaban J connectivity index is 3.50. The summed E-state index contributed by atoms with van der Waals surface area (Å²) in [6.45, 7) is 5.13. The number of nitrogens with one attached hydrogen (secondary N) is 1. The number of carbonyl (C=O) groups excluding carboxylic acids is 1. The number of amides is 1. The van der Waals surface area contributed by atoms with E-state index in [-0.39, 0.29) is 12.5 Å². The normalized spacial score (nSPS) is 11.8. The van der Waals surface area contributed by atoms with Crippen molar-refractivity contribution in [1.82, 2.24) is 5.32 Å². The third kappa shape index (κ3) is 12.8. The van der Waals surface area contributed by atoms with E-state index in [1.807, 2.05) is 12.2 Å². The molecule has 0 aromatic rings. The first-order valence-corrected chi connectivity index (χ1v) is 6.38. The van der Waals surface area contributed by atoms with E-state index in [2.05, 4.69) is 19.2 Å². The van der Waals surface area contributed by atoms with Gasteiger partial charge in [0.05, 0.1) is 0 Å². The summed E-state index contributed by atoms with van der Waals surface area (Å²) in [6, 6.07) is 0. The number of unbranched alkanes of at least 4 members (excludes halogenated alkanes) is 3. The third-order valence-corrected chi connectivity index (χ3v) is 2.21. The molecule has 1 amide bonds. The van der Waals surface area contributed by atoms with Crippen molar-refractivity contribution in [3.8, 4) is 0 Å². The van der Waals surface area contributed by atoms with E-state index in [1.54, 1.807) is 12.2 Å². The molecule has 0 aromatic carbocycles. The molecule has 0 bridgehead atoms. The van der Waals surface area contributed by atoms with Crippen molar-refractivity contribution in [2.45, 2.75) is 39.5 Å². The van der Waals surface area contributed by atoms with Crippen LogP contribution in [-0.2, 0) is 4.79 Å². The largest absolute Gasteiger partial charge is 0.396 e. The lowest BCUT2D eigenvalue weighted by molar-refractivity contribution is -0.116. The molecule has 0 rings (SSSR count). The third-order valence-electron chi connectivity index (χ3n) is 2.21. The second-order valence-electron chi connectivity index (χ2n) is 4.50. The molecule has 0 aliphatic rings. The molecular weight excluding hydrogens is 214 g/mol. The Labute approximate surface area is 105 Å². The maximum absolute atomic E-state index is 11.3. The molecule has 0 saturated carbocycles. The fourth-order valence-electron chi connectivity index (χ4n) is 1.23. The van der Waals surface area contributed by atoms with Gasteiger partial charge in [-0.2, -0.15) is 0 Å². The molecule has 0 radical (unpaired) electrons. The summed E-state index contributed by atoms with van der Waals surface area (Å²) >= 11 is 0. The monoisotopic (exact) mass is 239 g/mol. The van der Waals surface area contributed by atoms with Gasteiger partial charge in [-0.1, -0.05) is 38.5 Å². The molecule has 0 heterocycles. The minimum atomic E-state index is -0.0383. The van der Waals surface area contributed by atoms with Crippen molar-refractivity contribution in [3.05, 3.63) is 24.3 Å².